The molecule has 5 rings (SSSR count). The lowest BCUT2D eigenvalue weighted by atomic mass is 10.0. The second-order valence-electron chi connectivity index (χ2n) is 9.16. The minimum Gasteiger partial charge on any atom is -0.339 e. The molecule has 1 saturated heterocycles. The lowest BCUT2D eigenvalue weighted by Gasteiger charge is -2.19. The number of nitrogens with one attached hydrogen (secondary N) is 4. The minimum atomic E-state index is -0.180. The first-order valence-electron chi connectivity index (χ1n) is 12.1. The zero-order chi connectivity index (χ0) is 24.2. The number of amides is 2. The number of benzene rings is 2. The number of carbonyl (C=O) groups excluding carboxylic acids is 1. The Hall–Kier alpha value is -3.36. The number of hydrogen-bond acceptors (Lipinski definition) is 6. The van der Waals surface area contributed by atoms with Crippen LogP contribution in [-0.2, 0) is 12.8 Å². The van der Waals surface area contributed by atoms with E-state index >= 15 is 0 Å². The van der Waals surface area contributed by atoms with Crippen molar-refractivity contribution in [1.29, 1.82) is 0 Å². The van der Waals surface area contributed by atoms with Gasteiger partial charge in [-0.05, 0) is 87.2 Å². The van der Waals surface area contributed by atoms with Gasteiger partial charge in [0.1, 0.15) is 5.02 Å². The third-order valence-electron chi connectivity index (χ3n) is 6.66. The number of aryl methyl sites for hydroxylation is 2. The van der Waals surface area contributed by atoms with Gasteiger partial charge in [0.25, 0.3) is 0 Å². The van der Waals surface area contributed by atoms with Crippen LogP contribution in [0.1, 0.15) is 30.4 Å². The SMILES string of the molecule is CN1CCCC1CCNC(=O)Nc1ccc2cc1CCc1cccc(c1)Nc1ncc(Cl)c(n1)N2. The maximum Gasteiger partial charge on any atom is 0.319 e. The van der Waals surface area contributed by atoms with Crippen LogP contribution in [0.3, 0.4) is 0 Å². The van der Waals surface area contributed by atoms with Gasteiger partial charge in [-0.25, -0.2) is 9.78 Å². The number of urea groups is 1. The van der Waals surface area contributed by atoms with Crippen molar-refractivity contribution in [3.05, 3.63) is 64.8 Å². The summed E-state index contributed by atoms with van der Waals surface area (Å²) in [6.45, 7) is 1.80. The molecule has 0 spiro atoms. The fourth-order valence-corrected chi connectivity index (χ4v) is 4.87. The van der Waals surface area contributed by atoms with Gasteiger partial charge in [-0.2, -0.15) is 4.98 Å². The highest BCUT2D eigenvalue weighted by atomic mass is 35.5. The first-order valence-corrected chi connectivity index (χ1v) is 12.4. The molecule has 2 amide bonds. The zero-order valence-electron chi connectivity index (χ0n) is 19.8. The summed E-state index contributed by atoms with van der Waals surface area (Å²) >= 11 is 6.35. The molecule has 2 aliphatic rings. The smallest absolute Gasteiger partial charge is 0.319 e. The van der Waals surface area contributed by atoms with E-state index in [0.717, 1.165) is 48.4 Å². The highest BCUT2D eigenvalue weighted by molar-refractivity contribution is 6.32. The predicted molar refractivity (Wildman–Crippen MR) is 141 cm³/mol. The Morgan fingerprint density at radius 3 is 2.91 bits per heavy atom. The van der Waals surface area contributed by atoms with Gasteiger partial charge in [-0.3, -0.25) is 0 Å². The monoisotopic (exact) mass is 491 g/mol. The molecule has 0 saturated carbocycles. The van der Waals surface area contributed by atoms with Crippen LogP contribution in [0.5, 0.6) is 0 Å². The molecular weight excluding hydrogens is 462 g/mol. The van der Waals surface area contributed by atoms with E-state index < -0.39 is 0 Å². The molecule has 35 heavy (non-hydrogen) atoms. The summed E-state index contributed by atoms with van der Waals surface area (Å²) < 4.78 is 0. The van der Waals surface area contributed by atoms with Crippen LogP contribution < -0.4 is 21.3 Å². The molecule has 1 fully saturated rings. The van der Waals surface area contributed by atoms with Crippen LogP contribution in [-0.4, -0.2) is 47.1 Å². The van der Waals surface area contributed by atoms with Crippen LogP contribution in [0.2, 0.25) is 5.02 Å². The molecule has 2 aliphatic heterocycles. The van der Waals surface area contributed by atoms with Crippen molar-refractivity contribution in [2.24, 2.45) is 0 Å². The summed E-state index contributed by atoms with van der Waals surface area (Å²) in [5, 5.41) is 13.0. The van der Waals surface area contributed by atoms with Gasteiger partial charge in [0.15, 0.2) is 5.82 Å². The molecule has 0 aliphatic carbocycles. The van der Waals surface area contributed by atoms with Crippen LogP contribution in [0.25, 0.3) is 0 Å². The molecule has 0 radical (unpaired) electrons. The Morgan fingerprint density at radius 1 is 1.17 bits per heavy atom. The number of fused-ring (bicyclic) bond motifs is 6. The van der Waals surface area contributed by atoms with Gasteiger partial charge in [0.2, 0.25) is 5.95 Å². The number of carbonyl (C=O) groups is 1. The van der Waals surface area contributed by atoms with Crippen molar-refractivity contribution in [3.63, 3.8) is 0 Å². The Morgan fingerprint density at radius 2 is 2.06 bits per heavy atom. The quantitative estimate of drug-likeness (QED) is 0.394. The number of halogens is 1. The van der Waals surface area contributed by atoms with E-state index in [0.29, 0.717) is 29.4 Å². The van der Waals surface area contributed by atoms with Crippen molar-refractivity contribution in [1.82, 2.24) is 20.2 Å². The highest BCUT2D eigenvalue weighted by Crippen LogP contribution is 2.29. The van der Waals surface area contributed by atoms with E-state index in [9.17, 15) is 4.79 Å². The summed E-state index contributed by atoms with van der Waals surface area (Å²) in [4.78, 5) is 23.9. The maximum atomic E-state index is 12.7. The highest BCUT2D eigenvalue weighted by Gasteiger charge is 2.20. The largest absolute Gasteiger partial charge is 0.339 e. The van der Waals surface area contributed by atoms with E-state index in [4.69, 9.17) is 11.6 Å². The summed E-state index contributed by atoms with van der Waals surface area (Å²) in [6, 6.07) is 14.4. The number of likely N-dealkylation sites (tertiary alicyclic amines) is 1. The second-order valence-corrected chi connectivity index (χ2v) is 9.57. The second kappa shape index (κ2) is 10.5. The van der Waals surface area contributed by atoms with E-state index in [1.165, 1.54) is 18.4 Å². The first kappa shape index (κ1) is 23.4. The topological polar surface area (TPSA) is 94.2 Å². The summed E-state index contributed by atoms with van der Waals surface area (Å²) in [5.74, 6) is 0.980. The molecule has 1 aromatic heterocycles. The molecule has 2 aromatic carbocycles. The average molecular weight is 492 g/mol. The molecule has 6 bridgehead atoms. The van der Waals surface area contributed by atoms with E-state index in [2.05, 4.69) is 55.3 Å². The van der Waals surface area contributed by atoms with Crippen molar-refractivity contribution < 1.29 is 4.79 Å². The number of aromatic nitrogens is 2. The molecule has 1 atom stereocenters. The van der Waals surface area contributed by atoms with Crippen LogP contribution in [0.4, 0.5) is 33.6 Å². The molecular formula is C26H30ClN7O. The third kappa shape index (κ3) is 5.83. The zero-order valence-corrected chi connectivity index (χ0v) is 20.5. The van der Waals surface area contributed by atoms with E-state index in [1.807, 2.05) is 30.3 Å². The van der Waals surface area contributed by atoms with Crippen molar-refractivity contribution in [3.8, 4) is 0 Å². The molecule has 3 heterocycles. The Balaban J connectivity index is 1.35. The Bertz CT molecular complexity index is 1220. The van der Waals surface area contributed by atoms with Gasteiger partial charge in [-0.15, -0.1) is 0 Å². The normalized spacial score (nSPS) is 17.3. The summed E-state index contributed by atoms with van der Waals surface area (Å²) in [5.41, 5.74) is 4.76. The standard InChI is InChI=1S/C26H30ClN7O/c1-34-13-3-6-21(34)11-12-28-26(35)32-23-10-9-20-15-18(23)8-7-17-4-2-5-19(14-17)31-25-29-16-22(27)24(30-20)33-25/h2,4-5,9-10,14-16,21H,3,6-8,11-13H2,1H3,(H2,28,32,35)(H2,29,30,31,33). The van der Waals surface area contributed by atoms with Crippen molar-refractivity contribution in [2.75, 3.05) is 36.1 Å². The number of anilines is 5. The van der Waals surface area contributed by atoms with Gasteiger partial charge in [0, 0.05) is 29.6 Å². The summed E-state index contributed by atoms with van der Waals surface area (Å²) in [6.07, 6.45) is 6.56. The van der Waals surface area contributed by atoms with Gasteiger partial charge >= 0.3 is 6.03 Å². The first-order chi connectivity index (χ1) is 17.0. The predicted octanol–water partition coefficient (Wildman–Crippen LogP) is 5.32. The average Bonchev–Trinajstić information content (AvgIpc) is 3.25. The molecule has 1 unspecified atom stereocenters. The minimum absolute atomic E-state index is 0.180. The molecule has 4 N–H and O–H groups in total. The van der Waals surface area contributed by atoms with E-state index in [1.54, 1.807) is 6.20 Å². The fourth-order valence-electron chi connectivity index (χ4n) is 4.73. The lowest BCUT2D eigenvalue weighted by molar-refractivity contribution is 0.248. The maximum absolute atomic E-state index is 12.7. The molecule has 3 aromatic rings. The van der Waals surface area contributed by atoms with Crippen molar-refractivity contribution in [2.45, 2.75) is 38.1 Å². The van der Waals surface area contributed by atoms with Gasteiger partial charge in [0.05, 0.1) is 6.20 Å². The Labute approximate surface area is 210 Å². The number of nitrogens with zero attached hydrogens (tertiary/aromatic N) is 3. The van der Waals surface area contributed by atoms with E-state index in [-0.39, 0.29) is 6.03 Å². The van der Waals surface area contributed by atoms with Gasteiger partial charge in [-0.1, -0.05) is 23.7 Å². The van der Waals surface area contributed by atoms with Crippen LogP contribution in [0, 0.1) is 0 Å². The fraction of sp³-hybridized carbons (Fsp3) is 0.346. The van der Waals surface area contributed by atoms with Gasteiger partial charge < -0.3 is 26.2 Å². The van der Waals surface area contributed by atoms with Crippen LogP contribution in [0.15, 0.2) is 48.7 Å². The molecule has 182 valence electrons. The number of hydrogen-bond donors (Lipinski definition) is 4. The van der Waals surface area contributed by atoms with Crippen molar-refractivity contribution >= 4 is 46.5 Å². The molecule has 9 heteroatoms. The lowest BCUT2D eigenvalue weighted by Crippen LogP contribution is -2.34. The summed E-state index contributed by atoms with van der Waals surface area (Å²) in [7, 11) is 2.15. The number of rotatable bonds is 4. The Kier molecular flexibility index (Phi) is 7.01. The van der Waals surface area contributed by atoms with Crippen LogP contribution >= 0.6 is 11.6 Å². The molecule has 8 nitrogen and oxygen atoms in total. The third-order valence-corrected chi connectivity index (χ3v) is 6.94.